The molecule has 0 radical (unpaired) electrons. The van der Waals surface area contributed by atoms with Crippen LogP contribution in [0.4, 0.5) is 0 Å². The minimum Gasteiger partial charge on any atom is -0.394 e. The van der Waals surface area contributed by atoms with Crippen molar-refractivity contribution in [3.63, 3.8) is 0 Å². The number of hydrogen-bond donors (Lipinski definition) is 2. The van der Waals surface area contributed by atoms with E-state index < -0.39 is 0 Å². The molecule has 11 heavy (non-hydrogen) atoms. The van der Waals surface area contributed by atoms with Crippen molar-refractivity contribution in [3.05, 3.63) is 0 Å². The second-order valence-corrected chi connectivity index (χ2v) is 3.37. The van der Waals surface area contributed by atoms with Gasteiger partial charge in [-0.05, 0) is 12.8 Å². The molecular weight excluding hydrogens is 138 g/mol. The van der Waals surface area contributed by atoms with Gasteiger partial charge in [-0.25, -0.2) is 0 Å². The minimum absolute atomic E-state index is 0.126. The van der Waals surface area contributed by atoms with Gasteiger partial charge in [0.1, 0.15) is 0 Å². The normalized spacial score (nSPS) is 16.4. The summed E-state index contributed by atoms with van der Waals surface area (Å²) in [5, 5.41) is 9.02. The molecule has 68 valence electrons. The van der Waals surface area contributed by atoms with Crippen molar-refractivity contribution in [1.82, 2.24) is 0 Å². The first-order valence-electron chi connectivity index (χ1n) is 4.58. The molecule has 0 spiro atoms. The molecule has 0 saturated carbocycles. The molecule has 0 saturated heterocycles. The fraction of sp³-hybridized carbons (Fsp3) is 1.00. The Morgan fingerprint density at radius 3 is 2.18 bits per heavy atom. The van der Waals surface area contributed by atoms with Gasteiger partial charge >= 0.3 is 0 Å². The van der Waals surface area contributed by atoms with Gasteiger partial charge in [-0.2, -0.15) is 0 Å². The zero-order valence-electron chi connectivity index (χ0n) is 7.77. The lowest BCUT2D eigenvalue weighted by Crippen LogP contribution is -2.43. The summed E-state index contributed by atoms with van der Waals surface area (Å²) < 4.78 is 0. The lowest BCUT2D eigenvalue weighted by atomic mass is 9.90. The summed E-state index contributed by atoms with van der Waals surface area (Å²) in [6, 6.07) is 0. The first-order valence-corrected chi connectivity index (χ1v) is 4.58. The molecule has 0 bridgehead atoms. The summed E-state index contributed by atoms with van der Waals surface area (Å²) in [7, 11) is 0. The van der Waals surface area contributed by atoms with Crippen LogP contribution in [0.2, 0.25) is 0 Å². The van der Waals surface area contributed by atoms with Gasteiger partial charge in [0.2, 0.25) is 0 Å². The molecule has 0 aromatic heterocycles. The molecule has 2 nitrogen and oxygen atoms in total. The third-order valence-corrected chi connectivity index (χ3v) is 2.09. The molecular formula is C9H21NO. The molecule has 0 fully saturated rings. The van der Waals surface area contributed by atoms with Crippen molar-refractivity contribution in [2.75, 3.05) is 6.61 Å². The van der Waals surface area contributed by atoms with Gasteiger partial charge in [0.25, 0.3) is 0 Å². The molecule has 2 heteroatoms. The van der Waals surface area contributed by atoms with Gasteiger partial charge in [0, 0.05) is 5.54 Å². The molecule has 0 heterocycles. The van der Waals surface area contributed by atoms with E-state index in [-0.39, 0.29) is 12.1 Å². The Labute approximate surface area is 69.8 Å². The second-order valence-electron chi connectivity index (χ2n) is 3.37. The number of rotatable bonds is 6. The standard InChI is InChI=1S/C9H21NO/c1-3-5-7-9(10,8-11)6-4-2/h11H,3-8,10H2,1-2H3. The predicted octanol–water partition coefficient (Wildman–Crippen LogP) is 1.67. The van der Waals surface area contributed by atoms with Crippen LogP contribution in [0.3, 0.4) is 0 Å². The van der Waals surface area contributed by atoms with Crippen molar-refractivity contribution in [2.45, 2.75) is 51.5 Å². The van der Waals surface area contributed by atoms with E-state index in [0.29, 0.717) is 0 Å². The Balaban J connectivity index is 3.68. The van der Waals surface area contributed by atoms with Crippen LogP contribution in [0.15, 0.2) is 0 Å². The highest BCUT2D eigenvalue weighted by Gasteiger charge is 2.21. The molecule has 0 aromatic rings. The fourth-order valence-electron chi connectivity index (χ4n) is 1.31. The fourth-order valence-corrected chi connectivity index (χ4v) is 1.31. The predicted molar refractivity (Wildman–Crippen MR) is 48.4 cm³/mol. The number of aliphatic hydroxyl groups is 1. The van der Waals surface area contributed by atoms with E-state index in [1.807, 2.05) is 0 Å². The van der Waals surface area contributed by atoms with Crippen molar-refractivity contribution < 1.29 is 5.11 Å². The van der Waals surface area contributed by atoms with E-state index in [4.69, 9.17) is 10.8 Å². The van der Waals surface area contributed by atoms with Crippen molar-refractivity contribution >= 4 is 0 Å². The van der Waals surface area contributed by atoms with Gasteiger partial charge < -0.3 is 10.8 Å². The molecule has 0 aromatic carbocycles. The quantitative estimate of drug-likeness (QED) is 0.619. The SMILES string of the molecule is CCCCC(N)(CO)CCC. The first-order chi connectivity index (χ1) is 5.18. The smallest absolute Gasteiger partial charge is 0.0611 e. The largest absolute Gasteiger partial charge is 0.394 e. The molecule has 1 unspecified atom stereocenters. The molecule has 0 aliphatic heterocycles. The topological polar surface area (TPSA) is 46.2 Å². The molecule has 3 N–H and O–H groups in total. The van der Waals surface area contributed by atoms with Crippen molar-refractivity contribution in [2.24, 2.45) is 5.73 Å². The van der Waals surface area contributed by atoms with Crippen molar-refractivity contribution in [1.29, 1.82) is 0 Å². The lowest BCUT2D eigenvalue weighted by molar-refractivity contribution is 0.174. The van der Waals surface area contributed by atoms with Gasteiger partial charge in [0.15, 0.2) is 0 Å². The van der Waals surface area contributed by atoms with Gasteiger partial charge in [-0.1, -0.05) is 33.1 Å². The molecule has 0 aliphatic rings. The highest BCUT2D eigenvalue weighted by Crippen LogP contribution is 2.16. The zero-order chi connectivity index (χ0) is 8.74. The molecule has 0 aliphatic carbocycles. The van der Waals surface area contributed by atoms with Crippen molar-refractivity contribution in [3.8, 4) is 0 Å². The van der Waals surface area contributed by atoms with Crippen LogP contribution in [0.1, 0.15) is 46.0 Å². The van der Waals surface area contributed by atoms with Gasteiger partial charge in [-0.15, -0.1) is 0 Å². The number of aliphatic hydroxyl groups excluding tert-OH is 1. The highest BCUT2D eigenvalue weighted by atomic mass is 16.3. The zero-order valence-corrected chi connectivity index (χ0v) is 7.77. The van der Waals surface area contributed by atoms with E-state index in [2.05, 4.69) is 13.8 Å². The molecule has 0 rings (SSSR count). The minimum atomic E-state index is -0.301. The summed E-state index contributed by atoms with van der Waals surface area (Å²) in [6.07, 6.45) is 5.22. The van der Waals surface area contributed by atoms with Crippen LogP contribution in [0.25, 0.3) is 0 Å². The van der Waals surface area contributed by atoms with Crippen LogP contribution in [-0.4, -0.2) is 17.3 Å². The van der Waals surface area contributed by atoms with Crippen LogP contribution in [0, 0.1) is 0 Å². The Bertz CT molecular complexity index is 95.6. The Kier molecular flexibility index (Phi) is 5.51. The molecule has 0 amide bonds. The second kappa shape index (κ2) is 5.56. The van der Waals surface area contributed by atoms with Crippen LogP contribution >= 0.6 is 0 Å². The first kappa shape index (κ1) is 10.9. The summed E-state index contributed by atoms with van der Waals surface area (Å²) in [5.41, 5.74) is 5.64. The Hall–Kier alpha value is -0.0800. The van der Waals surface area contributed by atoms with Gasteiger partial charge in [0.05, 0.1) is 6.61 Å². The average molecular weight is 159 g/mol. The van der Waals surface area contributed by atoms with E-state index >= 15 is 0 Å². The Morgan fingerprint density at radius 2 is 1.82 bits per heavy atom. The van der Waals surface area contributed by atoms with Crippen LogP contribution < -0.4 is 5.73 Å². The maximum atomic E-state index is 9.02. The maximum absolute atomic E-state index is 9.02. The van der Waals surface area contributed by atoms with E-state index in [1.54, 1.807) is 0 Å². The number of unbranched alkanes of at least 4 members (excludes halogenated alkanes) is 1. The number of hydrogen-bond acceptors (Lipinski definition) is 2. The summed E-state index contributed by atoms with van der Waals surface area (Å²) in [5.74, 6) is 0. The summed E-state index contributed by atoms with van der Waals surface area (Å²) in [4.78, 5) is 0. The van der Waals surface area contributed by atoms with E-state index in [9.17, 15) is 0 Å². The van der Waals surface area contributed by atoms with Gasteiger partial charge in [-0.3, -0.25) is 0 Å². The molecule has 1 atom stereocenters. The third-order valence-electron chi connectivity index (χ3n) is 2.09. The lowest BCUT2D eigenvalue weighted by Gasteiger charge is -2.26. The highest BCUT2D eigenvalue weighted by molar-refractivity contribution is 4.82. The Morgan fingerprint density at radius 1 is 1.18 bits per heavy atom. The van der Waals surface area contributed by atoms with Crippen LogP contribution in [-0.2, 0) is 0 Å². The third kappa shape index (κ3) is 4.38. The number of nitrogens with two attached hydrogens (primary N) is 1. The van der Waals surface area contributed by atoms with Crippen LogP contribution in [0.5, 0.6) is 0 Å². The monoisotopic (exact) mass is 159 g/mol. The van der Waals surface area contributed by atoms with E-state index in [0.717, 1.165) is 32.1 Å². The summed E-state index contributed by atoms with van der Waals surface area (Å²) in [6.45, 7) is 4.37. The van der Waals surface area contributed by atoms with E-state index in [1.165, 1.54) is 0 Å². The average Bonchev–Trinajstić information content (AvgIpc) is 2.02. The maximum Gasteiger partial charge on any atom is 0.0611 e. The summed E-state index contributed by atoms with van der Waals surface area (Å²) >= 11 is 0.